The smallest absolute Gasteiger partial charge is 0.244 e. The molecule has 1 aromatic heterocycles. The van der Waals surface area contributed by atoms with E-state index in [9.17, 15) is 0 Å². The number of ether oxygens (including phenoxy) is 1. The Bertz CT molecular complexity index is 823. The molecule has 0 bridgehead atoms. The fourth-order valence-corrected chi connectivity index (χ4v) is 2.46. The predicted molar refractivity (Wildman–Crippen MR) is 99.5 cm³/mol. The fraction of sp³-hybridized carbons (Fsp3) is 0.211. The van der Waals surface area contributed by atoms with E-state index in [4.69, 9.17) is 4.74 Å². The highest BCUT2D eigenvalue weighted by atomic mass is 16.5. The summed E-state index contributed by atoms with van der Waals surface area (Å²) in [4.78, 5) is 4.45. The SMILES string of the molecule is COc1ccc(C)cc1Nc1cnnc(NCCc2ccccc2)n1. The summed E-state index contributed by atoms with van der Waals surface area (Å²) in [6.07, 6.45) is 2.48. The minimum absolute atomic E-state index is 0.493. The van der Waals surface area contributed by atoms with Crippen molar-refractivity contribution in [1.29, 1.82) is 0 Å². The van der Waals surface area contributed by atoms with Crippen LogP contribution >= 0.6 is 0 Å². The van der Waals surface area contributed by atoms with E-state index in [1.807, 2.05) is 43.3 Å². The molecule has 1 heterocycles. The fourth-order valence-electron chi connectivity index (χ4n) is 2.46. The van der Waals surface area contributed by atoms with E-state index in [0.717, 1.165) is 30.0 Å². The lowest BCUT2D eigenvalue weighted by Gasteiger charge is -2.12. The molecule has 0 fully saturated rings. The standard InChI is InChI=1S/C19H21N5O/c1-14-8-9-17(25-2)16(12-14)22-18-13-21-24-19(23-18)20-11-10-15-6-4-3-5-7-15/h3-9,12-13H,10-11H2,1-2H3,(H2,20,22,23,24). The van der Waals surface area contributed by atoms with Crippen LogP contribution < -0.4 is 15.4 Å². The Balaban J connectivity index is 1.64. The first-order chi connectivity index (χ1) is 12.2. The summed E-state index contributed by atoms with van der Waals surface area (Å²) in [5.41, 5.74) is 3.24. The van der Waals surface area contributed by atoms with Crippen molar-refractivity contribution in [2.75, 3.05) is 24.3 Å². The van der Waals surface area contributed by atoms with Gasteiger partial charge in [-0.2, -0.15) is 10.1 Å². The Hall–Kier alpha value is -3.15. The Morgan fingerprint density at radius 3 is 2.72 bits per heavy atom. The van der Waals surface area contributed by atoms with Crippen molar-refractivity contribution < 1.29 is 4.74 Å². The molecule has 6 heteroatoms. The zero-order valence-corrected chi connectivity index (χ0v) is 14.4. The average molecular weight is 335 g/mol. The molecule has 0 spiro atoms. The van der Waals surface area contributed by atoms with Crippen LogP contribution in [0.1, 0.15) is 11.1 Å². The van der Waals surface area contributed by atoms with Gasteiger partial charge in [-0.05, 0) is 36.6 Å². The lowest BCUT2D eigenvalue weighted by atomic mass is 10.1. The number of hydrogen-bond acceptors (Lipinski definition) is 6. The summed E-state index contributed by atoms with van der Waals surface area (Å²) >= 11 is 0. The van der Waals surface area contributed by atoms with E-state index in [1.54, 1.807) is 13.3 Å². The summed E-state index contributed by atoms with van der Waals surface area (Å²) in [6.45, 7) is 2.77. The predicted octanol–water partition coefficient (Wildman–Crippen LogP) is 3.59. The molecule has 2 aromatic carbocycles. The number of nitrogens with zero attached hydrogens (tertiary/aromatic N) is 3. The molecule has 0 aliphatic carbocycles. The first kappa shape index (κ1) is 16.7. The zero-order valence-electron chi connectivity index (χ0n) is 14.4. The van der Waals surface area contributed by atoms with Crippen LogP contribution in [0.2, 0.25) is 0 Å². The number of hydrogen-bond donors (Lipinski definition) is 2. The van der Waals surface area contributed by atoms with Crippen molar-refractivity contribution in [3.63, 3.8) is 0 Å². The quantitative estimate of drug-likeness (QED) is 0.687. The third-order valence-corrected chi connectivity index (χ3v) is 3.72. The molecule has 0 aliphatic rings. The van der Waals surface area contributed by atoms with Crippen LogP contribution in [0, 0.1) is 6.92 Å². The van der Waals surface area contributed by atoms with Gasteiger partial charge in [-0.25, -0.2) is 0 Å². The zero-order chi connectivity index (χ0) is 17.5. The molecule has 0 saturated heterocycles. The molecule has 128 valence electrons. The molecule has 0 atom stereocenters. The lowest BCUT2D eigenvalue weighted by molar-refractivity contribution is 0.416. The first-order valence-corrected chi connectivity index (χ1v) is 8.14. The van der Waals surface area contributed by atoms with Gasteiger partial charge < -0.3 is 15.4 Å². The third-order valence-electron chi connectivity index (χ3n) is 3.72. The van der Waals surface area contributed by atoms with Crippen LogP contribution in [0.25, 0.3) is 0 Å². The van der Waals surface area contributed by atoms with Gasteiger partial charge in [0.05, 0.1) is 19.0 Å². The molecule has 3 rings (SSSR count). The van der Waals surface area contributed by atoms with Crippen molar-refractivity contribution in [3.8, 4) is 5.75 Å². The molecule has 25 heavy (non-hydrogen) atoms. The monoisotopic (exact) mass is 335 g/mol. The van der Waals surface area contributed by atoms with Gasteiger partial charge >= 0.3 is 0 Å². The van der Waals surface area contributed by atoms with Gasteiger partial charge in [-0.1, -0.05) is 36.4 Å². The molecular weight excluding hydrogens is 314 g/mol. The maximum atomic E-state index is 5.37. The van der Waals surface area contributed by atoms with Crippen molar-refractivity contribution in [3.05, 3.63) is 65.9 Å². The molecule has 0 unspecified atom stereocenters. The summed E-state index contributed by atoms with van der Waals surface area (Å²) in [7, 11) is 1.64. The maximum Gasteiger partial charge on any atom is 0.244 e. The van der Waals surface area contributed by atoms with Gasteiger partial charge in [0.15, 0.2) is 5.82 Å². The molecule has 0 radical (unpaired) electrons. The van der Waals surface area contributed by atoms with Crippen LogP contribution in [0.15, 0.2) is 54.7 Å². The second-order valence-corrected chi connectivity index (χ2v) is 5.66. The number of rotatable bonds is 7. The van der Waals surface area contributed by atoms with Gasteiger partial charge in [0.25, 0.3) is 0 Å². The number of anilines is 3. The minimum Gasteiger partial charge on any atom is -0.495 e. The van der Waals surface area contributed by atoms with Crippen molar-refractivity contribution in [2.45, 2.75) is 13.3 Å². The number of methoxy groups -OCH3 is 1. The lowest BCUT2D eigenvalue weighted by Crippen LogP contribution is -2.09. The van der Waals surface area contributed by atoms with E-state index in [0.29, 0.717) is 11.8 Å². The van der Waals surface area contributed by atoms with Crippen LogP contribution in [0.3, 0.4) is 0 Å². The van der Waals surface area contributed by atoms with Crippen LogP contribution in [0.5, 0.6) is 5.75 Å². The van der Waals surface area contributed by atoms with E-state index < -0.39 is 0 Å². The number of nitrogens with one attached hydrogen (secondary N) is 2. The number of benzene rings is 2. The highest BCUT2D eigenvalue weighted by Gasteiger charge is 2.06. The Morgan fingerprint density at radius 2 is 1.92 bits per heavy atom. The van der Waals surface area contributed by atoms with Gasteiger partial charge in [0.1, 0.15) is 5.75 Å². The second-order valence-electron chi connectivity index (χ2n) is 5.66. The van der Waals surface area contributed by atoms with Gasteiger partial charge in [0.2, 0.25) is 5.95 Å². The first-order valence-electron chi connectivity index (χ1n) is 8.14. The van der Waals surface area contributed by atoms with Gasteiger partial charge in [-0.15, -0.1) is 5.10 Å². The summed E-state index contributed by atoms with van der Waals surface area (Å²) < 4.78 is 5.37. The van der Waals surface area contributed by atoms with E-state index in [-0.39, 0.29) is 0 Å². The maximum absolute atomic E-state index is 5.37. The Morgan fingerprint density at radius 1 is 1.08 bits per heavy atom. The number of aromatic nitrogens is 3. The van der Waals surface area contributed by atoms with E-state index >= 15 is 0 Å². The molecule has 6 nitrogen and oxygen atoms in total. The second kappa shape index (κ2) is 8.10. The molecule has 0 saturated carbocycles. The molecule has 3 aromatic rings. The minimum atomic E-state index is 0.493. The molecule has 0 amide bonds. The molecule has 0 aliphatic heterocycles. The largest absolute Gasteiger partial charge is 0.495 e. The Kier molecular flexibility index (Phi) is 5.41. The third kappa shape index (κ3) is 4.67. The average Bonchev–Trinajstić information content (AvgIpc) is 2.63. The van der Waals surface area contributed by atoms with E-state index in [1.165, 1.54) is 5.56 Å². The highest BCUT2D eigenvalue weighted by Crippen LogP contribution is 2.27. The Labute approximate surface area is 147 Å². The van der Waals surface area contributed by atoms with Crippen LogP contribution in [0.4, 0.5) is 17.5 Å². The summed E-state index contributed by atoms with van der Waals surface area (Å²) in [6, 6.07) is 16.2. The molecular formula is C19H21N5O. The number of aryl methyl sites for hydroxylation is 1. The van der Waals surface area contributed by atoms with Gasteiger partial charge in [0, 0.05) is 6.54 Å². The summed E-state index contributed by atoms with van der Waals surface area (Å²) in [5, 5.41) is 14.5. The van der Waals surface area contributed by atoms with Crippen LogP contribution in [-0.4, -0.2) is 28.8 Å². The van der Waals surface area contributed by atoms with Crippen molar-refractivity contribution >= 4 is 17.5 Å². The topological polar surface area (TPSA) is 72.0 Å². The van der Waals surface area contributed by atoms with Gasteiger partial charge in [-0.3, -0.25) is 0 Å². The highest BCUT2D eigenvalue weighted by molar-refractivity contribution is 5.65. The summed E-state index contributed by atoms with van der Waals surface area (Å²) in [5.74, 6) is 1.86. The van der Waals surface area contributed by atoms with Crippen LogP contribution in [-0.2, 0) is 6.42 Å². The molecule has 2 N–H and O–H groups in total. The normalized spacial score (nSPS) is 10.3. The van der Waals surface area contributed by atoms with Crippen molar-refractivity contribution in [2.24, 2.45) is 0 Å². The van der Waals surface area contributed by atoms with Crippen molar-refractivity contribution in [1.82, 2.24) is 15.2 Å². The van der Waals surface area contributed by atoms with E-state index in [2.05, 4.69) is 37.9 Å².